The number of nitrogens with two attached hydrogens (primary N) is 1. The fourth-order valence-corrected chi connectivity index (χ4v) is 1.98. The van der Waals surface area contributed by atoms with Crippen LogP contribution in [0.5, 0.6) is 0 Å². The van der Waals surface area contributed by atoms with E-state index in [4.69, 9.17) is 5.73 Å². The molecule has 1 rings (SSSR count). The minimum atomic E-state index is -0.0793. The number of rotatable bonds is 2. The normalized spacial score (nSPS) is 21.8. The molecule has 12 heavy (non-hydrogen) atoms. The molecule has 0 radical (unpaired) electrons. The molecule has 1 saturated carbocycles. The molecule has 0 aromatic heterocycles. The third-order valence-corrected chi connectivity index (χ3v) is 2.64. The molecule has 3 N–H and O–H groups in total. The quantitative estimate of drug-likeness (QED) is 0.643. The molecule has 3 heteroatoms. The summed E-state index contributed by atoms with van der Waals surface area (Å²) in [6, 6.07) is 0. The Hall–Kier alpha value is -0.570. The van der Waals surface area contributed by atoms with Gasteiger partial charge in [0.1, 0.15) is 0 Å². The maximum absolute atomic E-state index is 10.9. The second-order valence-electron chi connectivity index (χ2n) is 3.73. The predicted octanol–water partition coefficient (Wildman–Crippen LogP) is 0.784. The summed E-state index contributed by atoms with van der Waals surface area (Å²) < 4.78 is 0. The first kappa shape index (κ1) is 9.52. The Labute approximate surface area is 73.7 Å². The van der Waals surface area contributed by atoms with E-state index in [1.54, 1.807) is 6.92 Å². The van der Waals surface area contributed by atoms with E-state index in [1.165, 1.54) is 19.3 Å². The fourth-order valence-electron chi connectivity index (χ4n) is 1.98. The van der Waals surface area contributed by atoms with Crippen molar-refractivity contribution in [2.45, 2.75) is 44.6 Å². The Morgan fingerprint density at radius 3 is 2.42 bits per heavy atom. The SMILES string of the molecule is CC(=O)NC1(CN)CCCCC1. The highest BCUT2D eigenvalue weighted by molar-refractivity contribution is 5.73. The number of nitrogens with one attached hydrogen (secondary N) is 1. The minimum absolute atomic E-state index is 0.0438. The zero-order valence-corrected chi connectivity index (χ0v) is 7.73. The average molecular weight is 170 g/mol. The Kier molecular flexibility index (Phi) is 3.09. The van der Waals surface area contributed by atoms with Crippen LogP contribution in [-0.2, 0) is 4.79 Å². The number of hydrogen-bond donors (Lipinski definition) is 2. The van der Waals surface area contributed by atoms with E-state index < -0.39 is 0 Å². The molecule has 0 aromatic rings. The average Bonchev–Trinajstić information content (AvgIpc) is 2.05. The van der Waals surface area contributed by atoms with Gasteiger partial charge in [-0.05, 0) is 12.8 Å². The van der Waals surface area contributed by atoms with Gasteiger partial charge in [-0.2, -0.15) is 0 Å². The third kappa shape index (κ3) is 2.21. The van der Waals surface area contributed by atoms with Crippen LogP contribution in [0.3, 0.4) is 0 Å². The van der Waals surface area contributed by atoms with Gasteiger partial charge in [0.2, 0.25) is 5.91 Å². The van der Waals surface area contributed by atoms with Crippen molar-refractivity contribution >= 4 is 5.91 Å². The number of amides is 1. The van der Waals surface area contributed by atoms with E-state index in [2.05, 4.69) is 5.32 Å². The molecule has 0 atom stereocenters. The summed E-state index contributed by atoms with van der Waals surface area (Å²) in [4.78, 5) is 10.9. The first-order valence-electron chi connectivity index (χ1n) is 4.67. The monoisotopic (exact) mass is 170 g/mol. The fraction of sp³-hybridized carbons (Fsp3) is 0.889. The molecule has 0 aromatic carbocycles. The van der Waals surface area contributed by atoms with Crippen molar-refractivity contribution in [3.8, 4) is 0 Å². The molecule has 70 valence electrons. The van der Waals surface area contributed by atoms with Gasteiger partial charge in [-0.1, -0.05) is 19.3 Å². The maximum atomic E-state index is 10.9. The summed E-state index contributed by atoms with van der Waals surface area (Å²) in [5.41, 5.74) is 5.59. The molecular weight excluding hydrogens is 152 g/mol. The molecule has 1 aliphatic carbocycles. The van der Waals surface area contributed by atoms with Crippen LogP contribution in [-0.4, -0.2) is 18.0 Å². The summed E-state index contributed by atoms with van der Waals surface area (Å²) in [7, 11) is 0. The lowest BCUT2D eigenvalue weighted by Crippen LogP contribution is -2.54. The first-order chi connectivity index (χ1) is 5.68. The molecule has 1 amide bonds. The summed E-state index contributed by atoms with van der Waals surface area (Å²) in [6.07, 6.45) is 5.75. The molecule has 1 fully saturated rings. The van der Waals surface area contributed by atoms with Gasteiger partial charge in [-0.3, -0.25) is 4.79 Å². The lowest BCUT2D eigenvalue weighted by atomic mass is 9.82. The highest BCUT2D eigenvalue weighted by Crippen LogP contribution is 2.26. The summed E-state index contributed by atoms with van der Waals surface area (Å²) in [5, 5.41) is 2.98. The Morgan fingerprint density at radius 1 is 1.42 bits per heavy atom. The molecule has 3 nitrogen and oxygen atoms in total. The summed E-state index contributed by atoms with van der Waals surface area (Å²) in [5.74, 6) is 0.0438. The van der Waals surface area contributed by atoms with E-state index >= 15 is 0 Å². The third-order valence-electron chi connectivity index (χ3n) is 2.64. The van der Waals surface area contributed by atoms with Crippen molar-refractivity contribution in [1.29, 1.82) is 0 Å². The summed E-state index contributed by atoms with van der Waals surface area (Å²) >= 11 is 0. The maximum Gasteiger partial charge on any atom is 0.217 e. The molecule has 0 bridgehead atoms. The van der Waals surface area contributed by atoms with E-state index in [0.29, 0.717) is 6.54 Å². The second-order valence-corrected chi connectivity index (χ2v) is 3.73. The molecule has 0 saturated heterocycles. The van der Waals surface area contributed by atoms with E-state index in [9.17, 15) is 4.79 Å². The Morgan fingerprint density at radius 2 is 2.00 bits per heavy atom. The van der Waals surface area contributed by atoms with Gasteiger partial charge in [0.25, 0.3) is 0 Å². The van der Waals surface area contributed by atoms with Crippen molar-refractivity contribution in [1.82, 2.24) is 5.32 Å². The van der Waals surface area contributed by atoms with Crippen molar-refractivity contribution in [3.05, 3.63) is 0 Å². The van der Waals surface area contributed by atoms with Crippen molar-refractivity contribution in [2.75, 3.05) is 6.54 Å². The highest BCUT2D eigenvalue weighted by atomic mass is 16.1. The molecule has 1 aliphatic rings. The van der Waals surface area contributed by atoms with Gasteiger partial charge in [0.05, 0.1) is 5.54 Å². The van der Waals surface area contributed by atoms with Gasteiger partial charge in [-0.15, -0.1) is 0 Å². The van der Waals surface area contributed by atoms with Crippen molar-refractivity contribution in [2.24, 2.45) is 5.73 Å². The Bertz CT molecular complexity index is 162. The van der Waals surface area contributed by atoms with Crippen LogP contribution in [0.25, 0.3) is 0 Å². The van der Waals surface area contributed by atoms with E-state index in [-0.39, 0.29) is 11.4 Å². The number of carbonyl (C=O) groups is 1. The second kappa shape index (κ2) is 3.90. The van der Waals surface area contributed by atoms with Gasteiger partial charge < -0.3 is 11.1 Å². The summed E-state index contributed by atoms with van der Waals surface area (Å²) in [6.45, 7) is 2.14. The lowest BCUT2D eigenvalue weighted by molar-refractivity contribution is -0.121. The van der Waals surface area contributed by atoms with E-state index in [1.807, 2.05) is 0 Å². The first-order valence-corrected chi connectivity index (χ1v) is 4.67. The van der Waals surface area contributed by atoms with Crippen molar-refractivity contribution < 1.29 is 4.79 Å². The Balaban J connectivity index is 2.53. The lowest BCUT2D eigenvalue weighted by Gasteiger charge is -2.36. The largest absolute Gasteiger partial charge is 0.350 e. The highest BCUT2D eigenvalue weighted by Gasteiger charge is 2.30. The standard InChI is InChI=1S/C9H18N2O/c1-8(12)11-9(7-10)5-3-2-4-6-9/h2-7,10H2,1H3,(H,11,12). The number of carbonyl (C=O) groups excluding carboxylic acids is 1. The van der Waals surface area contributed by atoms with Gasteiger partial charge in [0.15, 0.2) is 0 Å². The van der Waals surface area contributed by atoms with Crippen LogP contribution in [0.1, 0.15) is 39.0 Å². The minimum Gasteiger partial charge on any atom is -0.350 e. The smallest absolute Gasteiger partial charge is 0.217 e. The molecule has 0 aliphatic heterocycles. The molecule has 0 unspecified atom stereocenters. The van der Waals surface area contributed by atoms with Crippen LogP contribution >= 0.6 is 0 Å². The van der Waals surface area contributed by atoms with Crippen LogP contribution in [0.2, 0.25) is 0 Å². The van der Waals surface area contributed by atoms with Crippen LogP contribution < -0.4 is 11.1 Å². The van der Waals surface area contributed by atoms with Crippen LogP contribution in [0.4, 0.5) is 0 Å². The molecule has 0 spiro atoms. The topological polar surface area (TPSA) is 55.1 Å². The molecule has 0 heterocycles. The zero-order chi connectivity index (χ0) is 9.03. The van der Waals surface area contributed by atoms with Crippen LogP contribution in [0.15, 0.2) is 0 Å². The van der Waals surface area contributed by atoms with Crippen LogP contribution in [0, 0.1) is 0 Å². The van der Waals surface area contributed by atoms with Crippen molar-refractivity contribution in [3.63, 3.8) is 0 Å². The zero-order valence-electron chi connectivity index (χ0n) is 7.73. The predicted molar refractivity (Wildman–Crippen MR) is 48.7 cm³/mol. The molecular formula is C9H18N2O. The van der Waals surface area contributed by atoms with Gasteiger partial charge >= 0.3 is 0 Å². The number of hydrogen-bond acceptors (Lipinski definition) is 2. The van der Waals surface area contributed by atoms with Gasteiger partial charge in [-0.25, -0.2) is 0 Å². The van der Waals surface area contributed by atoms with E-state index in [0.717, 1.165) is 12.8 Å². The van der Waals surface area contributed by atoms with Gasteiger partial charge in [0, 0.05) is 13.5 Å².